The number of aromatic amines is 1. The molecule has 0 saturated carbocycles. The molecule has 0 aliphatic heterocycles. The maximum atomic E-state index is 14.2. The first kappa shape index (κ1) is 60.6. The van der Waals surface area contributed by atoms with Crippen LogP contribution >= 0.6 is 12.2 Å². The molecule has 1 aliphatic carbocycles. The number of aliphatic hydroxyl groups excluding tert-OH is 1. The summed E-state index contributed by atoms with van der Waals surface area (Å²) in [6, 6.07) is 11.3. The van der Waals surface area contributed by atoms with E-state index in [1.165, 1.54) is 5.56 Å². The molecule has 80 heavy (non-hydrogen) atoms. The van der Waals surface area contributed by atoms with Gasteiger partial charge >= 0.3 is 49.4 Å². The van der Waals surface area contributed by atoms with E-state index >= 15 is 0 Å². The normalized spacial score (nSPS) is 15.8. The number of halogens is 24. The zero-order valence-corrected chi connectivity index (χ0v) is 39.9. The van der Waals surface area contributed by atoms with E-state index in [0.29, 0.717) is 11.4 Å². The summed E-state index contributed by atoms with van der Waals surface area (Å²) in [5.41, 5.74) is -26.0. The summed E-state index contributed by atoms with van der Waals surface area (Å²) in [7, 11) is 0. The van der Waals surface area contributed by atoms with Crippen molar-refractivity contribution in [3.05, 3.63) is 195 Å². The average molecular weight is 1180 g/mol. The minimum absolute atomic E-state index is 0.154. The molecule has 0 saturated heterocycles. The van der Waals surface area contributed by atoms with Gasteiger partial charge in [0.05, 0.1) is 56.7 Å². The third-order valence-electron chi connectivity index (χ3n) is 12.8. The lowest BCUT2D eigenvalue weighted by molar-refractivity contribution is -0.347. The largest absolute Gasteiger partial charge is 0.416 e. The second-order valence-corrected chi connectivity index (χ2v) is 18.5. The van der Waals surface area contributed by atoms with Crippen molar-refractivity contribution in [3.63, 3.8) is 0 Å². The quantitative estimate of drug-likeness (QED) is 0.0991. The number of H-pyrrole nitrogens is 1. The van der Waals surface area contributed by atoms with Gasteiger partial charge in [-0.05, 0) is 47.5 Å². The highest BCUT2D eigenvalue weighted by Crippen LogP contribution is 2.42. The molecule has 0 amide bonds. The maximum absolute atomic E-state index is 14.2. The van der Waals surface area contributed by atoms with Crippen LogP contribution in [-0.2, 0) is 55.8 Å². The molecular formula is C51H29BF24N2OS. The summed E-state index contributed by atoms with van der Waals surface area (Å²) >= 11 is 5.55. The first-order chi connectivity index (χ1) is 36.5. The van der Waals surface area contributed by atoms with E-state index in [4.69, 9.17) is 12.2 Å². The van der Waals surface area contributed by atoms with Crippen LogP contribution in [0.25, 0.3) is 10.9 Å². The van der Waals surface area contributed by atoms with Gasteiger partial charge in [-0.25, -0.2) is 4.98 Å². The molecule has 1 aliphatic rings. The summed E-state index contributed by atoms with van der Waals surface area (Å²) in [4.78, 5) is 3.98. The second kappa shape index (κ2) is 20.8. The van der Waals surface area contributed by atoms with Gasteiger partial charge in [0.1, 0.15) is 6.15 Å². The number of benzene rings is 6. The highest BCUT2D eigenvalue weighted by molar-refractivity contribution is 7.80. The first-order valence-corrected chi connectivity index (χ1v) is 22.7. The lowest BCUT2D eigenvalue weighted by Gasteiger charge is -2.46. The van der Waals surface area contributed by atoms with Crippen LogP contribution in [0.2, 0.25) is 0 Å². The Hall–Kier alpha value is -7.04. The number of aliphatic hydroxyl groups is 1. The number of rotatable bonds is 6. The molecule has 7 aromatic rings. The maximum Gasteiger partial charge on any atom is 0.416 e. The van der Waals surface area contributed by atoms with E-state index in [1.807, 2.05) is 42.5 Å². The fourth-order valence-corrected chi connectivity index (χ4v) is 9.53. The third kappa shape index (κ3) is 12.9. The van der Waals surface area contributed by atoms with Gasteiger partial charge in [0.15, 0.2) is 4.99 Å². The molecule has 6 aromatic carbocycles. The zero-order chi connectivity index (χ0) is 59.7. The van der Waals surface area contributed by atoms with Crippen molar-refractivity contribution >= 4 is 56.1 Å². The molecule has 3 N–H and O–H groups in total. The van der Waals surface area contributed by atoms with Gasteiger partial charge in [-0.3, -0.25) is 0 Å². The smallest absolute Gasteiger partial charge is 0.390 e. The molecule has 1 heterocycles. The Bertz CT molecular complexity index is 3030. The number of nitrogens with one attached hydrogen (secondary N) is 2. The van der Waals surface area contributed by atoms with E-state index in [1.54, 1.807) is 0 Å². The molecule has 0 spiro atoms. The number of aromatic nitrogens is 1. The van der Waals surface area contributed by atoms with E-state index in [9.17, 15) is 110 Å². The Balaban J connectivity index is 0.000000329. The van der Waals surface area contributed by atoms with E-state index in [2.05, 4.69) is 28.5 Å². The van der Waals surface area contributed by atoms with Crippen molar-refractivity contribution in [2.75, 3.05) is 0 Å². The van der Waals surface area contributed by atoms with Crippen LogP contribution in [0.15, 0.2) is 133 Å². The fraction of sp³-hybridized carbons (Fsp3) is 0.216. The predicted octanol–water partition coefficient (Wildman–Crippen LogP) is 13.8. The highest BCUT2D eigenvalue weighted by Gasteiger charge is 2.47. The van der Waals surface area contributed by atoms with Crippen LogP contribution in [0.1, 0.15) is 67.4 Å². The Morgan fingerprint density at radius 3 is 1.04 bits per heavy atom. The summed E-state index contributed by atoms with van der Waals surface area (Å²) in [5.74, 6) is 0. The minimum atomic E-state index is -6.13. The van der Waals surface area contributed by atoms with Gasteiger partial charge in [-0.1, -0.05) is 97.1 Å². The standard InChI is InChI=1S/C32H12BF24.C19H16N2OS/c34-25(35,36)13-1-14(26(37,38)39)6-21(5-13)33(22-7-15(27(40,41)42)2-16(8-22)28(43,44)45,23-9-17(29(46,47)48)3-18(10-23)30(49,50)51)24-11-19(31(52,53)54)4-20(12-24)32(55,56)57;22-17-11-13-6-1-3-7-14(13)18(17)21-19(23)16-10-9-12-5-2-4-8-15(12)20-16/h1-12H;1-10,17-18,22H,11H2,(H,21,23)/q-1;/p+1/t;17-,18+/m.0/s1. The third-order valence-corrected chi connectivity index (χ3v) is 13.2. The number of hydrogen-bond donors (Lipinski definition) is 2. The second-order valence-electron chi connectivity index (χ2n) is 18.1. The summed E-state index contributed by atoms with van der Waals surface area (Å²) in [6.07, 6.45) is -54.6. The lowest BCUT2D eigenvalue weighted by atomic mass is 9.12. The number of para-hydroxylation sites is 1. The number of thiocarbonyl (C=S) groups is 1. The van der Waals surface area contributed by atoms with Gasteiger partial charge in [0.2, 0.25) is 11.2 Å². The van der Waals surface area contributed by atoms with E-state index < -0.39 is 201 Å². The highest BCUT2D eigenvalue weighted by atomic mass is 32.1. The molecule has 426 valence electrons. The average Bonchev–Trinajstić information content (AvgIpc) is 3.43. The molecule has 1 aromatic heterocycles. The molecule has 0 unspecified atom stereocenters. The number of pyridine rings is 1. The first-order valence-electron chi connectivity index (χ1n) is 22.3. The molecule has 29 heteroatoms. The predicted molar refractivity (Wildman–Crippen MR) is 244 cm³/mol. The summed E-state index contributed by atoms with van der Waals surface area (Å²) in [5, 5.41) is 14.8. The molecule has 2 atom stereocenters. The van der Waals surface area contributed by atoms with Crippen molar-refractivity contribution in [1.82, 2.24) is 5.32 Å². The van der Waals surface area contributed by atoms with Gasteiger partial charge in [-0.2, -0.15) is 127 Å². The number of alkyl halides is 24. The van der Waals surface area contributed by atoms with Crippen molar-refractivity contribution in [1.29, 1.82) is 0 Å². The van der Waals surface area contributed by atoms with E-state index in [-0.39, 0.29) is 6.04 Å². The Morgan fingerprint density at radius 2 is 0.713 bits per heavy atom. The van der Waals surface area contributed by atoms with Gasteiger partial charge in [-0.15, -0.1) is 0 Å². The molecule has 8 rings (SSSR count). The van der Waals surface area contributed by atoms with Crippen molar-refractivity contribution in [2.24, 2.45) is 0 Å². The fourth-order valence-electron chi connectivity index (χ4n) is 9.29. The van der Waals surface area contributed by atoms with Crippen LogP contribution < -0.4 is 32.2 Å². The van der Waals surface area contributed by atoms with Gasteiger partial charge < -0.3 is 10.4 Å². The van der Waals surface area contributed by atoms with Crippen molar-refractivity contribution in [3.8, 4) is 0 Å². The Morgan fingerprint density at radius 1 is 0.412 bits per heavy atom. The SMILES string of the molecule is FC(F)(F)c1cc([B-](c2cc(C(F)(F)F)cc(C(F)(F)F)c2)(c2cc(C(F)(F)F)cc(C(F)(F)F)c2)c2cc(C(F)(F)F)cc(C(F)(F)F)c2)cc(C(F)(F)F)c1.O[C@H]1Cc2ccccc2[C@H]1NC(=S)c1ccc2ccccc2[nH+]1. The van der Waals surface area contributed by atoms with Gasteiger partial charge in [0.25, 0.3) is 0 Å². The summed E-state index contributed by atoms with van der Waals surface area (Å²) in [6.45, 7) is 0. The zero-order valence-electron chi connectivity index (χ0n) is 39.1. The molecule has 0 bridgehead atoms. The molecule has 0 radical (unpaired) electrons. The monoisotopic (exact) mass is 1180 g/mol. The Labute approximate surface area is 438 Å². The Kier molecular flexibility index (Phi) is 15.8. The summed E-state index contributed by atoms with van der Waals surface area (Å²) < 4.78 is 341. The van der Waals surface area contributed by atoms with Crippen molar-refractivity contribution < 1.29 is 115 Å². The van der Waals surface area contributed by atoms with E-state index in [0.717, 1.165) is 22.2 Å². The minimum Gasteiger partial charge on any atom is -0.390 e. The molecule has 3 nitrogen and oxygen atoms in total. The number of fused-ring (bicyclic) bond motifs is 2. The lowest BCUT2D eigenvalue weighted by Crippen LogP contribution is -2.75. The number of hydrogen-bond acceptors (Lipinski definition) is 2. The van der Waals surface area contributed by atoms with Crippen LogP contribution in [-0.4, -0.2) is 22.3 Å². The topological polar surface area (TPSA) is 46.4 Å². The van der Waals surface area contributed by atoms with Crippen LogP contribution in [0.5, 0.6) is 0 Å². The van der Waals surface area contributed by atoms with Crippen molar-refractivity contribution in [2.45, 2.75) is 68.0 Å². The molecule has 0 fully saturated rings. The van der Waals surface area contributed by atoms with Gasteiger partial charge in [0, 0.05) is 23.9 Å². The van der Waals surface area contributed by atoms with Crippen LogP contribution in [0, 0.1) is 0 Å². The van der Waals surface area contributed by atoms with Crippen LogP contribution in [0.3, 0.4) is 0 Å². The van der Waals surface area contributed by atoms with Crippen LogP contribution in [0.4, 0.5) is 105 Å². The molecular weight excluding hydrogens is 1160 g/mol.